The summed E-state index contributed by atoms with van der Waals surface area (Å²) in [6, 6.07) is 17.0. The molecule has 3 rings (SSSR count). The molecule has 0 aliphatic carbocycles. The molecule has 1 aliphatic heterocycles. The summed E-state index contributed by atoms with van der Waals surface area (Å²) in [5, 5.41) is 0. The number of hydrogen-bond donors (Lipinski definition) is 1. The summed E-state index contributed by atoms with van der Waals surface area (Å²) in [6.45, 7) is 1.72. The van der Waals surface area contributed by atoms with Gasteiger partial charge in [-0.2, -0.15) is 0 Å². The summed E-state index contributed by atoms with van der Waals surface area (Å²) in [6.07, 6.45) is 1.43. The first-order valence-electron chi connectivity index (χ1n) is 7.26. The fourth-order valence-corrected chi connectivity index (χ4v) is 2.95. The van der Waals surface area contributed by atoms with E-state index < -0.39 is 11.6 Å². The predicted octanol–water partition coefficient (Wildman–Crippen LogP) is 2.82. The van der Waals surface area contributed by atoms with Gasteiger partial charge in [-0.1, -0.05) is 48.5 Å². The van der Waals surface area contributed by atoms with Gasteiger partial charge >= 0.3 is 0 Å². The maximum Gasteiger partial charge on any atom is 0.197 e. The van der Waals surface area contributed by atoms with Crippen LogP contribution in [0.3, 0.4) is 0 Å². The first-order valence-corrected chi connectivity index (χ1v) is 7.26. The van der Waals surface area contributed by atoms with Gasteiger partial charge in [-0.25, -0.2) is 0 Å². The molecule has 1 heterocycles. The van der Waals surface area contributed by atoms with E-state index >= 15 is 0 Å². The van der Waals surface area contributed by atoms with Crippen molar-refractivity contribution >= 4 is 5.78 Å². The third-order valence-corrected chi connectivity index (χ3v) is 4.05. The molecule has 0 radical (unpaired) electrons. The molecule has 3 nitrogen and oxygen atoms in total. The summed E-state index contributed by atoms with van der Waals surface area (Å²) in [5.74, 6) is 0.713. The Bertz CT molecular complexity index is 651. The van der Waals surface area contributed by atoms with Gasteiger partial charge in [0, 0.05) is 12.0 Å². The number of rotatable bonds is 3. The smallest absolute Gasteiger partial charge is 0.197 e. The van der Waals surface area contributed by atoms with E-state index in [0.717, 1.165) is 23.3 Å². The fourth-order valence-electron chi connectivity index (χ4n) is 2.95. The Morgan fingerprint density at radius 3 is 2.52 bits per heavy atom. The quantitative estimate of drug-likeness (QED) is 0.941. The summed E-state index contributed by atoms with van der Waals surface area (Å²) in [4.78, 5) is 12.8. The number of hydrogen-bond acceptors (Lipinski definition) is 3. The van der Waals surface area contributed by atoms with Crippen molar-refractivity contribution in [2.75, 3.05) is 0 Å². The molecule has 3 heteroatoms. The standard InChI is InChI=1S/C18H19NO2/c1-13(19)17(20)18(15-8-3-2-4-9-15)12-11-14-7-5-6-10-16(14)21-18/h2-10,13H,11-12,19H2,1H3/t13-,18?/m0/s1. The van der Waals surface area contributed by atoms with Gasteiger partial charge in [-0.3, -0.25) is 4.79 Å². The van der Waals surface area contributed by atoms with E-state index in [1.807, 2.05) is 54.6 Å². The zero-order valence-electron chi connectivity index (χ0n) is 12.1. The van der Waals surface area contributed by atoms with Crippen LogP contribution in [-0.4, -0.2) is 11.8 Å². The molecule has 0 amide bonds. The normalized spacial score (nSPS) is 22.0. The molecule has 0 saturated carbocycles. The van der Waals surface area contributed by atoms with E-state index in [1.165, 1.54) is 0 Å². The SMILES string of the molecule is C[C@H](N)C(=O)C1(c2ccccc2)CCc2ccccc2O1. The zero-order valence-corrected chi connectivity index (χ0v) is 12.1. The Kier molecular flexibility index (Phi) is 3.52. The van der Waals surface area contributed by atoms with Crippen LogP contribution >= 0.6 is 0 Å². The van der Waals surface area contributed by atoms with Crippen molar-refractivity contribution in [1.29, 1.82) is 0 Å². The monoisotopic (exact) mass is 281 g/mol. The first kappa shape index (κ1) is 13.8. The molecular weight excluding hydrogens is 262 g/mol. The van der Waals surface area contributed by atoms with Crippen LogP contribution in [-0.2, 0) is 16.8 Å². The van der Waals surface area contributed by atoms with Crippen molar-refractivity contribution in [3.8, 4) is 5.75 Å². The molecule has 108 valence electrons. The lowest BCUT2D eigenvalue weighted by Gasteiger charge is -2.38. The number of para-hydroxylation sites is 1. The number of aryl methyl sites for hydroxylation is 1. The van der Waals surface area contributed by atoms with Crippen LogP contribution in [0.2, 0.25) is 0 Å². The number of carbonyl (C=O) groups excluding carboxylic acids is 1. The minimum absolute atomic E-state index is 0.0665. The summed E-state index contributed by atoms with van der Waals surface area (Å²) < 4.78 is 6.20. The second-order valence-electron chi connectivity index (χ2n) is 5.56. The van der Waals surface area contributed by atoms with Gasteiger partial charge in [-0.15, -0.1) is 0 Å². The molecule has 1 aliphatic rings. The van der Waals surface area contributed by atoms with Crippen molar-refractivity contribution in [3.05, 3.63) is 65.7 Å². The van der Waals surface area contributed by atoms with Crippen LogP contribution in [0.4, 0.5) is 0 Å². The third-order valence-electron chi connectivity index (χ3n) is 4.05. The number of nitrogens with two attached hydrogens (primary N) is 1. The highest BCUT2D eigenvalue weighted by Gasteiger charge is 2.45. The van der Waals surface area contributed by atoms with E-state index in [1.54, 1.807) is 6.92 Å². The highest BCUT2D eigenvalue weighted by Crippen LogP contribution is 2.40. The van der Waals surface area contributed by atoms with Gasteiger partial charge in [0.1, 0.15) is 5.75 Å². The highest BCUT2D eigenvalue weighted by molar-refractivity contribution is 5.93. The summed E-state index contributed by atoms with van der Waals surface area (Å²) >= 11 is 0. The van der Waals surface area contributed by atoms with E-state index in [0.29, 0.717) is 6.42 Å². The molecular formula is C18H19NO2. The van der Waals surface area contributed by atoms with Crippen molar-refractivity contribution in [2.45, 2.75) is 31.4 Å². The van der Waals surface area contributed by atoms with Crippen LogP contribution in [0.5, 0.6) is 5.75 Å². The van der Waals surface area contributed by atoms with E-state index in [-0.39, 0.29) is 5.78 Å². The van der Waals surface area contributed by atoms with E-state index in [9.17, 15) is 4.79 Å². The molecule has 2 aromatic carbocycles. The van der Waals surface area contributed by atoms with Crippen LogP contribution in [0.15, 0.2) is 54.6 Å². The maximum atomic E-state index is 12.8. The average molecular weight is 281 g/mol. The predicted molar refractivity (Wildman–Crippen MR) is 82.2 cm³/mol. The summed E-state index contributed by atoms with van der Waals surface area (Å²) in [7, 11) is 0. The summed E-state index contributed by atoms with van der Waals surface area (Å²) in [5.41, 5.74) is 6.93. The lowest BCUT2D eigenvalue weighted by molar-refractivity contribution is -0.138. The Labute approximate surface area is 124 Å². The fraction of sp³-hybridized carbons (Fsp3) is 0.278. The molecule has 0 spiro atoms. The molecule has 2 atom stereocenters. The first-order chi connectivity index (χ1) is 10.1. The Morgan fingerprint density at radius 1 is 1.14 bits per heavy atom. The van der Waals surface area contributed by atoms with Gasteiger partial charge in [0.2, 0.25) is 0 Å². The Morgan fingerprint density at radius 2 is 1.81 bits per heavy atom. The van der Waals surface area contributed by atoms with Crippen LogP contribution in [0.1, 0.15) is 24.5 Å². The number of carbonyl (C=O) groups is 1. The van der Waals surface area contributed by atoms with Gasteiger partial charge in [0.05, 0.1) is 6.04 Å². The van der Waals surface area contributed by atoms with E-state index in [2.05, 4.69) is 0 Å². The van der Waals surface area contributed by atoms with Gasteiger partial charge in [-0.05, 0) is 25.0 Å². The molecule has 2 aromatic rings. The minimum atomic E-state index is -0.968. The largest absolute Gasteiger partial charge is 0.474 e. The van der Waals surface area contributed by atoms with Crippen molar-refractivity contribution in [1.82, 2.24) is 0 Å². The zero-order chi connectivity index (χ0) is 14.9. The van der Waals surface area contributed by atoms with Gasteiger partial charge < -0.3 is 10.5 Å². The second kappa shape index (κ2) is 5.34. The van der Waals surface area contributed by atoms with E-state index in [4.69, 9.17) is 10.5 Å². The average Bonchev–Trinajstić information content (AvgIpc) is 2.54. The number of benzene rings is 2. The van der Waals surface area contributed by atoms with Gasteiger partial charge in [0.15, 0.2) is 11.4 Å². The molecule has 0 saturated heterocycles. The number of Topliss-reactive ketones (excluding diaryl/α,β-unsaturated/α-hetero) is 1. The highest BCUT2D eigenvalue weighted by atomic mass is 16.5. The van der Waals surface area contributed by atoms with Crippen LogP contribution < -0.4 is 10.5 Å². The van der Waals surface area contributed by atoms with Crippen molar-refractivity contribution in [2.24, 2.45) is 5.73 Å². The van der Waals surface area contributed by atoms with Crippen LogP contribution in [0, 0.1) is 0 Å². The Hall–Kier alpha value is -2.13. The number of ether oxygens (including phenoxy) is 1. The lowest BCUT2D eigenvalue weighted by Crippen LogP contribution is -2.50. The number of fused-ring (bicyclic) bond motifs is 1. The lowest BCUT2D eigenvalue weighted by atomic mass is 9.79. The van der Waals surface area contributed by atoms with Crippen LogP contribution in [0.25, 0.3) is 0 Å². The number of ketones is 1. The molecule has 1 unspecified atom stereocenters. The molecule has 0 bridgehead atoms. The third kappa shape index (κ3) is 2.34. The minimum Gasteiger partial charge on any atom is -0.474 e. The van der Waals surface area contributed by atoms with Crippen molar-refractivity contribution in [3.63, 3.8) is 0 Å². The van der Waals surface area contributed by atoms with Crippen molar-refractivity contribution < 1.29 is 9.53 Å². The van der Waals surface area contributed by atoms with Gasteiger partial charge in [0.25, 0.3) is 0 Å². The molecule has 0 fully saturated rings. The molecule has 21 heavy (non-hydrogen) atoms. The maximum absolute atomic E-state index is 12.8. The molecule has 2 N–H and O–H groups in total. The topological polar surface area (TPSA) is 52.3 Å². The Balaban J connectivity index is 2.10. The second-order valence-corrected chi connectivity index (χ2v) is 5.56. The molecule has 0 aromatic heterocycles.